The summed E-state index contributed by atoms with van der Waals surface area (Å²) in [5.41, 5.74) is 0.480. The Hall–Kier alpha value is -2.37. The number of nitrogens with one attached hydrogen (secondary N) is 1. The van der Waals surface area contributed by atoms with Crippen LogP contribution in [0.4, 0.5) is 0 Å². The van der Waals surface area contributed by atoms with Gasteiger partial charge in [0.25, 0.3) is 5.91 Å². The quantitative estimate of drug-likeness (QED) is 0.788. The van der Waals surface area contributed by atoms with Crippen molar-refractivity contribution in [2.45, 2.75) is 19.9 Å². The first-order valence-electron chi connectivity index (χ1n) is 6.71. The van der Waals surface area contributed by atoms with Gasteiger partial charge in [-0.05, 0) is 26.0 Å². The molecule has 6 heteroatoms. The Labute approximate surface area is 124 Å². The van der Waals surface area contributed by atoms with Crippen molar-refractivity contribution < 1.29 is 19.1 Å². The highest BCUT2D eigenvalue weighted by atomic mass is 16.5. The van der Waals surface area contributed by atoms with Crippen LogP contribution in [0.25, 0.3) is 0 Å². The fraction of sp³-hybridized carbons (Fsp3) is 0.400. The van der Waals surface area contributed by atoms with Crippen molar-refractivity contribution in [2.75, 3.05) is 20.2 Å². The second-order valence-electron chi connectivity index (χ2n) is 4.49. The number of benzene rings is 1. The van der Waals surface area contributed by atoms with Crippen LogP contribution in [-0.4, -0.2) is 48.9 Å². The molecule has 0 aliphatic carbocycles. The zero-order valence-corrected chi connectivity index (χ0v) is 12.5. The molecule has 0 spiro atoms. The molecule has 2 amide bonds. The van der Waals surface area contributed by atoms with E-state index >= 15 is 0 Å². The summed E-state index contributed by atoms with van der Waals surface area (Å²) in [4.78, 5) is 36.8. The van der Waals surface area contributed by atoms with Crippen LogP contribution >= 0.6 is 0 Å². The van der Waals surface area contributed by atoms with Crippen LogP contribution < -0.4 is 5.32 Å². The van der Waals surface area contributed by atoms with Crippen molar-refractivity contribution in [3.63, 3.8) is 0 Å². The van der Waals surface area contributed by atoms with Gasteiger partial charge in [0, 0.05) is 12.1 Å². The summed E-state index contributed by atoms with van der Waals surface area (Å²) in [5, 5.41) is 2.62. The average Bonchev–Trinajstić information content (AvgIpc) is 2.52. The van der Waals surface area contributed by atoms with Crippen molar-refractivity contribution in [1.82, 2.24) is 10.2 Å². The number of esters is 1. The van der Waals surface area contributed by atoms with E-state index in [9.17, 15) is 14.4 Å². The molecule has 1 unspecified atom stereocenters. The zero-order chi connectivity index (χ0) is 15.8. The Morgan fingerprint density at radius 1 is 1.24 bits per heavy atom. The highest BCUT2D eigenvalue weighted by Gasteiger charge is 2.23. The van der Waals surface area contributed by atoms with E-state index in [0.717, 1.165) is 0 Å². The van der Waals surface area contributed by atoms with Gasteiger partial charge in [-0.15, -0.1) is 0 Å². The topological polar surface area (TPSA) is 75.7 Å². The van der Waals surface area contributed by atoms with Crippen molar-refractivity contribution in [3.05, 3.63) is 35.9 Å². The van der Waals surface area contributed by atoms with E-state index in [1.807, 2.05) is 0 Å². The summed E-state index contributed by atoms with van der Waals surface area (Å²) < 4.78 is 4.54. The van der Waals surface area contributed by atoms with Crippen LogP contribution in [0.1, 0.15) is 24.2 Å². The molecule has 0 heterocycles. The first kappa shape index (κ1) is 16.7. The molecular formula is C15H20N2O4. The molecule has 21 heavy (non-hydrogen) atoms. The number of methoxy groups -OCH3 is 1. The maximum Gasteiger partial charge on any atom is 0.325 e. The predicted octanol–water partition coefficient (Wildman–Crippen LogP) is 0.826. The first-order chi connectivity index (χ1) is 9.99. The molecule has 0 saturated heterocycles. The number of hydrogen-bond donors (Lipinski definition) is 1. The van der Waals surface area contributed by atoms with E-state index < -0.39 is 12.0 Å². The maximum atomic E-state index is 12.2. The Morgan fingerprint density at radius 3 is 2.38 bits per heavy atom. The van der Waals surface area contributed by atoms with E-state index in [1.54, 1.807) is 44.2 Å². The second-order valence-corrected chi connectivity index (χ2v) is 4.49. The van der Waals surface area contributed by atoms with Gasteiger partial charge in [-0.3, -0.25) is 14.4 Å². The summed E-state index contributed by atoms with van der Waals surface area (Å²) in [7, 11) is 1.27. The average molecular weight is 292 g/mol. The molecule has 1 rings (SSSR count). The van der Waals surface area contributed by atoms with E-state index in [-0.39, 0.29) is 18.4 Å². The van der Waals surface area contributed by atoms with Gasteiger partial charge in [0.05, 0.1) is 7.11 Å². The van der Waals surface area contributed by atoms with Crippen molar-refractivity contribution in [3.8, 4) is 0 Å². The number of carbonyl (C=O) groups is 3. The molecule has 0 bridgehead atoms. The lowest BCUT2D eigenvalue weighted by Crippen LogP contribution is -2.48. The summed E-state index contributed by atoms with van der Waals surface area (Å²) >= 11 is 0. The van der Waals surface area contributed by atoms with Crippen LogP contribution in [-0.2, 0) is 14.3 Å². The minimum absolute atomic E-state index is 0.128. The third kappa shape index (κ3) is 4.91. The highest BCUT2D eigenvalue weighted by Crippen LogP contribution is 2.01. The van der Waals surface area contributed by atoms with E-state index in [1.165, 1.54) is 12.0 Å². The highest BCUT2D eigenvalue weighted by molar-refractivity contribution is 5.97. The van der Waals surface area contributed by atoms with Gasteiger partial charge in [-0.25, -0.2) is 0 Å². The lowest BCUT2D eigenvalue weighted by Gasteiger charge is -2.23. The van der Waals surface area contributed by atoms with Crippen LogP contribution in [0, 0.1) is 0 Å². The van der Waals surface area contributed by atoms with Crippen LogP contribution in [0.2, 0.25) is 0 Å². The number of nitrogens with zero attached hydrogens (tertiary/aromatic N) is 1. The van der Waals surface area contributed by atoms with E-state index in [2.05, 4.69) is 10.1 Å². The standard InChI is InChI=1S/C15H20N2O4/c1-4-17(10-13(18)21-3)15(20)11(2)16-14(19)12-8-6-5-7-9-12/h5-9,11H,4,10H2,1-3H3,(H,16,19). The minimum Gasteiger partial charge on any atom is -0.468 e. The molecule has 6 nitrogen and oxygen atoms in total. The lowest BCUT2D eigenvalue weighted by atomic mass is 10.2. The fourth-order valence-electron chi connectivity index (χ4n) is 1.77. The summed E-state index contributed by atoms with van der Waals surface area (Å²) in [6.07, 6.45) is 0. The molecule has 0 radical (unpaired) electrons. The maximum absolute atomic E-state index is 12.2. The van der Waals surface area contributed by atoms with Gasteiger partial charge in [-0.1, -0.05) is 18.2 Å². The van der Waals surface area contributed by atoms with Crippen LogP contribution in [0.3, 0.4) is 0 Å². The Kier molecular flexibility index (Phi) is 6.39. The molecule has 1 aromatic rings. The van der Waals surface area contributed by atoms with Crippen LogP contribution in [0.15, 0.2) is 30.3 Å². The van der Waals surface area contributed by atoms with Crippen molar-refractivity contribution >= 4 is 17.8 Å². The second kappa shape index (κ2) is 8.04. The minimum atomic E-state index is -0.720. The van der Waals surface area contributed by atoms with Gasteiger partial charge in [0.2, 0.25) is 5.91 Å². The molecule has 1 aromatic carbocycles. The molecular weight excluding hydrogens is 272 g/mol. The van der Waals surface area contributed by atoms with Gasteiger partial charge < -0.3 is 15.0 Å². The first-order valence-corrected chi connectivity index (χ1v) is 6.71. The molecule has 0 aliphatic heterocycles. The van der Waals surface area contributed by atoms with E-state index in [4.69, 9.17) is 0 Å². The van der Waals surface area contributed by atoms with Crippen molar-refractivity contribution in [1.29, 1.82) is 0 Å². The number of likely N-dealkylation sites (N-methyl/N-ethyl adjacent to an activating group) is 1. The Bertz CT molecular complexity index is 502. The molecule has 0 aromatic heterocycles. The van der Waals surface area contributed by atoms with Gasteiger partial charge in [-0.2, -0.15) is 0 Å². The molecule has 1 N–H and O–H groups in total. The smallest absolute Gasteiger partial charge is 0.325 e. The monoisotopic (exact) mass is 292 g/mol. The summed E-state index contributed by atoms with van der Waals surface area (Å²) in [6, 6.07) is 7.91. The lowest BCUT2D eigenvalue weighted by molar-refractivity contribution is -0.147. The molecule has 0 saturated carbocycles. The van der Waals surface area contributed by atoms with Gasteiger partial charge >= 0.3 is 5.97 Å². The molecule has 114 valence electrons. The Balaban J connectivity index is 2.65. The SMILES string of the molecule is CCN(CC(=O)OC)C(=O)C(C)NC(=O)c1ccccc1. The van der Waals surface area contributed by atoms with Gasteiger partial charge in [0.15, 0.2) is 0 Å². The number of rotatable bonds is 6. The zero-order valence-electron chi connectivity index (χ0n) is 12.5. The number of hydrogen-bond acceptors (Lipinski definition) is 4. The number of carbonyl (C=O) groups excluding carboxylic acids is 3. The van der Waals surface area contributed by atoms with E-state index in [0.29, 0.717) is 12.1 Å². The number of ether oxygens (including phenoxy) is 1. The fourth-order valence-corrected chi connectivity index (χ4v) is 1.77. The largest absolute Gasteiger partial charge is 0.468 e. The molecule has 0 aliphatic rings. The Morgan fingerprint density at radius 2 is 1.86 bits per heavy atom. The molecule has 0 fully saturated rings. The van der Waals surface area contributed by atoms with Crippen molar-refractivity contribution in [2.24, 2.45) is 0 Å². The summed E-state index contributed by atoms with van der Waals surface area (Å²) in [5.74, 6) is -1.15. The number of amides is 2. The third-order valence-electron chi connectivity index (χ3n) is 3.00. The predicted molar refractivity (Wildman–Crippen MR) is 77.6 cm³/mol. The summed E-state index contributed by atoms with van der Waals surface area (Å²) in [6.45, 7) is 3.58. The normalized spacial score (nSPS) is 11.4. The van der Waals surface area contributed by atoms with Gasteiger partial charge in [0.1, 0.15) is 12.6 Å². The third-order valence-corrected chi connectivity index (χ3v) is 3.00. The van der Waals surface area contributed by atoms with Crippen LogP contribution in [0.5, 0.6) is 0 Å². The molecule has 1 atom stereocenters.